The predicted octanol–water partition coefficient (Wildman–Crippen LogP) is 6.14. The van der Waals surface area contributed by atoms with Crippen molar-refractivity contribution < 1.29 is 29.3 Å². The van der Waals surface area contributed by atoms with Gasteiger partial charge in [0.2, 0.25) is 5.91 Å². The molecule has 0 bridgehead atoms. The molecule has 2 saturated heterocycles. The highest BCUT2D eigenvalue weighted by Gasteiger charge is 2.33. The lowest BCUT2D eigenvalue weighted by Gasteiger charge is -2.39. The highest BCUT2D eigenvalue weighted by atomic mass is 16.7. The van der Waals surface area contributed by atoms with Gasteiger partial charge in [0.15, 0.2) is 6.29 Å². The van der Waals surface area contributed by atoms with Crippen molar-refractivity contribution in [3.63, 3.8) is 0 Å². The normalized spacial score (nSPS) is 20.7. The number of hydrogen-bond acceptors (Lipinski definition) is 6. The summed E-state index contributed by atoms with van der Waals surface area (Å²) < 4.78 is 13.1. The Morgan fingerprint density at radius 3 is 2.27 bits per heavy atom. The number of carbonyl (C=O) groups excluding carboxylic acids is 1. The second-order valence-corrected chi connectivity index (χ2v) is 11.9. The summed E-state index contributed by atoms with van der Waals surface area (Å²) >= 11 is 0. The van der Waals surface area contributed by atoms with Crippen LogP contribution in [0.15, 0.2) is 72.8 Å². The molecular formula is C36H44N2O6. The number of likely N-dealkylation sites (tertiary alicyclic amines) is 1. The summed E-state index contributed by atoms with van der Waals surface area (Å²) in [7, 11) is 0. The van der Waals surface area contributed by atoms with Crippen LogP contribution in [0.5, 0.6) is 0 Å². The summed E-state index contributed by atoms with van der Waals surface area (Å²) in [5, 5.41) is 21.2. The van der Waals surface area contributed by atoms with E-state index in [1.54, 1.807) is 0 Å². The Kier molecular flexibility index (Phi) is 11.5. The monoisotopic (exact) mass is 600 g/mol. The number of piperidine rings is 1. The maximum atomic E-state index is 12.2. The van der Waals surface area contributed by atoms with Crippen LogP contribution in [0.4, 0.5) is 0 Å². The molecule has 3 N–H and O–H groups in total. The second kappa shape index (κ2) is 16.0. The molecule has 2 heterocycles. The first kappa shape index (κ1) is 31.9. The number of nitrogens with zero attached hydrogens (tertiary/aromatic N) is 1. The highest BCUT2D eigenvalue weighted by Crippen LogP contribution is 2.39. The molecule has 8 nitrogen and oxygen atoms in total. The fraction of sp³-hybridized carbons (Fsp3) is 0.444. The van der Waals surface area contributed by atoms with Crippen LogP contribution in [0.25, 0.3) is 11.1 Å². The van der Waals surface area contributed by atoms with Crippen molar-refractivity contribution in [3.8, 4) is 11.1 Å². The first-order chi connectivity index (χ1) is 21.5. The first-order valence-electron chi connectivity index (χ1n) is 15.9. The molecule has 2 aliphatic rings. The number of amides is 1. The Morgan fingerprint density at radius 2 is 1.55 bits per heavy atom. The molecule has 0 unspecified atom stereocenters. The Balaban J connectivity index is 1.23. The van der Waals surface area contributed by atoms with Gasteiger partial charge >= 0.3 is 5.97 Å². The van der Waals surface area contributed by atoms with Gasteiger partial charge in [-0.05, 0) is 72.7 Å². The lowest BCUT2D eigenvalue weighted by molar-refractivity contribution is -0.253. The van der Waals surface area contributed by atoms with Crippen LogP contribution in [0.3, 0.4) is 0 Å². The SMILES string of the molecule is O=C(O)CCCCC(=O)NCc1cccc(-c2ccc([C@@H]3O[C@H](CN4CCCCC4)C[C@H](c4ccc(CO)cc4)O3)cc2)c1. The maximum Gasteiger partial charge on any atom is 0.303 e. The number of aliphatic hydroxyl groups is 1. The third kappa shape index (κ3) is 9.22. The van der Waals surface area contributed by atoms with Crippen molar-refractivity contribution in [2.75, 3.05) is 19.6 Å². The maximum absolute atomic E-state index is 12.2. The van der Waals surface area contributed by atoms with Gasteiger partial charge in [-0.3, -0.25) is 9.59 Å². The number of hydrogen-bond donors (Lipinski definition) is 3. The number of carboxylic acids is 1. The predicted molar refractivity (Wildman–Crippen MR) is 169 cm³/mol. The van der Waals surface area contributed by atoms with Crippen LogP contribution in [0.1, 0.15) is 86.0 Å². The van der Waals surface area contributed by atoms with E-state index in [0.717, 1.165) is 59.4 Å². The third-order valence-electron chi connectivity index (χ3n) is 8.50. The van der Waals surface area contributed by atoms with Gasteiger partial charge in [-0.15, -0.1) is 0 Å². The van der Waals surface area contributed by atoms with Gasteiger partial charge < -0.3 is 29.9 Å². The standard InChI is InChI=1S/C36H44N2O6/c39-25-26-11-13-29(14-12-26)33-22-32(24-38-19-4-1-5-20-38)43-36(44-33)30-17-15-28(16-18-30)31-8-6-7-27(21-31)23-37-34(40)9-2-3-10-35(41)42/h6-8,11-18,21,32-33,36,39H,1-5,9-10,19-20,22-25H2,(H,37,40)(H,41,42)/t32-,33+,36+/m0/s1. The lowest BCUT2D eigenvalue weighted by Crippen LogP contribution is -2.41. The van der Waals surface area contributed by atoms with Crippen molar-refractivity contribution in [1.29, 1.82) is 0 Å². The lowest BCUT2D eigenvalue weighted by atomic mass is 9.98. The molecule has 0 radical (unpaired) electrons. The number of carboxylic acid groups (broad SMARTS) is 1. The number of aliphatic carboxylic acids is 1. The van der Waals surface area contributed by atoms with Crippen LogP contribution in [0, 0.1) is 0 Å². The molecule has 0 aromatic heterocycles. The van der Waals surface area contributed by atoms with Gasteiger partial charge in [-0.1, -0.05) is 73.2 Å². The Bertz CT molecular complexity index is 1350. The fourth-order valence-corrected chi connectivity index (χ4v) is 6.01. The first-order valence-corrected chi connectivity index (χ1v) is 15.9. The van der Waals surface area contributed by atoms with E-state index in [1.807, 2.05) is 24.3 Å². The average molecular weight is 601 g/mol. The van der Waals surface area contributed by atoms with Crippen LogP contribution >= 0.6 is 0 Å². The molecule has 2 fully saturated rings. The zero-order valence-corrected chi connectivity index (χ0v) is 25.3. The molecule has 2 aliphatic heterocycles. The number of rotatable bonds is 13. The van der Waals surface area contributed by atoms with E-state index in [1.165, 1.54) is 19.3 Å². The van der Waals surface area contributed by atoms with E-state index >= 15 is 0 Å². The summed E-state index contributed by atoms with van der Waals surface area (Å²) in [6.45, 7) is 3.58. The van der Waals surface area contributed by atoms with Gasteiger partial charge in [0.1, 0.15) is 0 Å². The van der Waals surface area contributed by atoms with E-state index in [4.69, 9.17) is 14.6 Å². The summed E-state index contributed by atoms with van der Waals surface area (Å²) in [5.41, 5.74) is 6.07. The number of unbranched alkanes of at least 4 members (excludes halogenated alkanes) is 1. The number of ether oxygens (including phenoxy) is 2. The second-order valence-electron chi connectivity index (χ2n) is 11.9. The minimum atomic E-state index is -0.833. The van der Waals surface area contributed by atoms with Gasteiger partial charge in [0.25, 0.3) is 0 Å². The Hall–Kier alpha value is -3.56. The van der Waals surface area contributed by atoms with Gasteiger partial charge in [-0.25, -0.2) is 0 Å². The van der Waals surface area contributed by atoms with E-state index in [0.29, 0.717) is 25.8 Å². The highest BCUT2D eigenvalue weighted by molar-refractivity contribution is 5.76. The molecular weight excluding hydrogens is 556 g/mol. The molecule has 8 heteroatoms. The summed E-state index contributed by atoms with van der Waals surface area (Å²) in [4.78, 5) is 25.3. The van der Waals surface area contributed by atoms with E-state index in [-0.39, 0.29) is 31.1 Å². The molecule has 44 heavy (non-hydrogen) atoms. The van der Waals surface area contributed by atoms with Crippen LogP contribution < -0.4 is 5.32 Å². The topological polar surface area (TPSA) is 108 Å². The van der Waals surface area contributed by atoms with Crippen LogP contribution in [-0.4, -0.2) is 52.7 Å². The van der Waals surface area contributed by atoms with E-state index in [9.17, 15) is 14.7 Å². The molecule has 3 atom stereocenters. The molecule has 0 saturated carbocycles. The number of aliphatic hydroxyl groups excluding tert-OH is 1. The Morgan fingerprint density at radius 1 is 0.818 bits per heavy atom. The summed E-state index contributed by atoms with van der Waals surface area (Å²) in [5.74, 6) is -0.903. The molecule has 0 aliphatic carbocycles. The van der Waals surface area contributed by atoms with Crippen LogP contribution in [0.2, 0.25) is 0 Å². The van der Waals surface area contributed by atoms with Gasteiger partial charge in [0, 0.05) is 37.9 Å². The molecule has 0 spiro atoms. The zero-order chi connectivity index (χ0) is 30.7. The van der Waals surface area contributed by atoms with Crippen molar-refractivity contribution >= 4 is 11.9 Å². The third-order valence-corrected chi connectivity index (χ3v) is 8.50. The molecule has 1 amide bonds. The number of carbonyl (C=O) groups is 2. The van der Waals surface area contributed by atoms with Crippen LogP contribution in [-0.2, 0) is 32.2 Å². The molecule has 234 valence electrons. The minimum absolute atomic E-state index is 0.0230. The average Bonchev–Trinajstić information content (AvgIpc) is 3.06. The summed E-state index contributed by atoms with van der Waals surface area (Å²) in [6.07, 6.45) is 5.52. The molecule has 3 aromatic rings. The molecule has 5 rings (SSSR count). The van der Waals surface area contributed by atoms with Crippen molar-refractivity contribution in [2.45, 2.75) is 83.0 Å². The Labute approximate surface area is 260 Å². The van der Waals surface area contributed by atoms with Gasteiger partial charge in [0.05, 0.1) is 18.8 Å². The van der Waals surface area contributed by atoms with Crippen molar-refractivity contribution in [1.82, 2.24) is 10.2 Å². The smallest absolute Gasteiger partial charge is 0.303 e. The molecule has 3 aromatic carbocycles. The largest absolute Gasteiger partial charge is 0.481 e. The van der Waals surface area contributed by atoms with E-state index < -0.39 is 12.3 Å². The van der Waals surface area contributed by atoms with Gasteiger partial charge in [-0.2, -0.15) is 0 Å². The van der Waals surface area contributed by atoms with E-state index in [2.05, 4.69) is 58.7 Å². The summed E-state index contributed by atoms with van der Waals surface area (Å²) in [6, 6.07) is 24.4. The quantitative estimate of drug-likeness (QED) is 0.202. The zero-order valence-electron chi connectivity index (χ0n) is 25.3. The number of nitrogens with one attached hydrogen (secondary N) is 1. The van der Waals surface area contributed by atoms with Crippen molar-refractivity contribution in [2.24, 2.45) is 0 Å². The number of benzene rings is 3. The fourth-order valence-electron chi connectivity index (χ4n) is 6.01. The minimum Gasteiger partial charge on any atom is -0.481 e. The van der Waals surface area contributed by atoms with Crippen molar-refractivity contribution in [3.05, 3.63) is 95.1 Å².